The number of piperazine rings is 1. The van der Waals surface area contributed by atoms with E-state index < -0.39 is 5.60 Å². The smallest absolute Gasteiger partial charge is 0.410 e. The van der Waals surface area contributed by atoms with E-state index in [0.717, 1.165) is 41.9 Å². The predicted octanol–water partition coefficient (Wildman–Crippen LogP) is 4.07. The van der Waals surface area contributed by atoms with E-state index in [9.17, 15) is 10.1 Å². The van der Waals surface area contributed by atoms with Gasteiger partial charge in [0, 0.05) is 73.8 Å². The first-order valence-electron chi connectivity index (χ1n) is 12.7. The summed E-state index contributed by atoms with van der Waals surface area (Å²) in [6.45, 7) is 7.65. The number of fused-ring (bicyclic) bond motifs is 1. The normalized spacial score (nSPS) is 16.9. The number of hydrogen-bond acceptors (Lipinski definition) is 8. The van der Waals surface area contributed by atoms with E-state index in [1.54, 1.807) is 24.0 Å². The third-order valence-corrected chi connectivity index (χ3v) is 7.00. The highest BCUT2D eigenvalue weighted by Gasteiger charge is 2.54. The second-order valence-corrected chi connectivity index (χ2v) is 10.8. The second kappa shape index (κ2) is 9.49. The summed E-state index contributed by atoms with van der Waals surface area (Å²) in [5.74, 6) is 0.848. The Morgan fingerprint density at radius 3 is 2.66 bits per heavy atom. The number of nitriles is 1. The molecule has 10 nitrogen and oxygen atoms in total. The summed E-state index contributed by atoms with van der Waals surface area (Å²) in [4.78, 5) is 21.7. The standard InChI is InChI=1S/C28H32N8O2/c1-27(2,3)38-26(37)35-10-9-34(18-28(35)7-8-28)24-6-5-19(15-32-24)23-11-20(21(12-29)14-31-4)17-36-25(23)22(13-30)16-33-36/h5-6,11-12,14-17,29,31H,7-10,18H2,1-4H3/b21-14+,29-12?. The van der Waals surface area contributed by atoms with Crippen LogP contribution in [0.1, 0.15) is 44.7 Å². The van der Waals surface area contributed by atoms with Crippen LogP contribution in [0, 0.1) is 16.7 Å². The fourth-order valence-corrected chi connectivity index (χ4v) is 5.02. The number of aromatic nitrogens is 3. The molecule has 10 heteroatoms. The van der Waals surface area contributed by atoms with Crippen molar-refractivity contribution in [3.8, 4) is 17.2 Å². The van der Waals surface area contributed by atoms with Crippen molar-refractivity contribution in [3.63, 3.8) is 0 Å². The number of rotatable bonds is 5. The Labute approximate surface area is 222 Å². The van der Waals surface area contributed by atoms with Gasteiger partial charge in [-0.1, -0.05) is 0 Å². The molecular weight excluding hydrogens is 480 g/mol. The van der Waals surface area contributed by atoms with Crippen LogP contribution in [0.25, 0.3) is 22.2 Å². The van der Waals surface area contributed by atoms with Gasteiger partial charge in [0.2, 0.25) is 0 Å². The Kier molecular flexibility index (Phi) is 6.31. The highest BCUT2D eigenvalue weighted by Crippen LogP contribution is 2.45. The molecule has 4 heterocycles. The van der Waals surface area contributed by atoms with Crippen LogP contribution in [0.15, 0.2) is 43.0 Å². The van der Waals surface area contributed by atoms with Crippen LogP contribution in [0.5, 0.6) is 0 Å². The van der Waals surface area contributed by atoms with Gasteiger partial charge < -0.3 is 20.4 Å². The maximum absolute atomic E-state index is 12.8. The lowest BCUT2D eigenvalue weighted by atomic mass is 10.0. The van der Waals surface area contributed by atoms with Crippen molar-refractivity contribution in [3.05, 3.63) is 54.1 Å². The molecule has 196 valence electrons. The van der Waals surface area contributed by atoms with Crippen LogP contribution in [-0.2, 0) is 4.74 Å². The van der Waals surface area contributed by atoms with Crippen molar-refractivity contribution in [1.82, 2.24) is 24.8 Å². The number of anilines is 1. The van der Waals surface area contributed by atoms with Crippen molar-refractivity contribution in [2.75, 3.05) is 31.6 Å². The van der Waals surface area contributed by atoms with Gasteiger partial charge in [0.25, 0.3) is 0 Å². The third-order valence-electron chi connectivity index (χ3n) is 7.00. The summed E-state index contributed by atoms with van der Waals surface area (Å²) < 4.78 is 7.33. The zero-order chi connectivity index (χ0) is 27.1. The van der Waals surface area contributed by atoms with Crippen LogP contribution < -0.4 is 10.2 Å². The second-order valence-electron chi connectivity index (χ2n) is 10.8. The summed E-state index contributed by atoms with van der Waals surface area (Å²) in [5.41, 5.74) is 3.60. The maximum Gasteiger partial charge on any atom is 0.410 e. The van der Waals surface area contributed by atoms with Crippen LogP contribution in [-0.4, -0.2) is 69.6 Å². The molecule has 3 aromatic heterocycles. The zero-order valence-electron chi connectivity index (χ0n) is 22.2. The minimum Gasteiger partial charge on any atom is -0.444 e. The SMILES string of the molecule is CN/C=C(\C=N)c1cc(-c2ccc(N3CCN(C(=O)OC(C)(C)C)C4(CC4)C3)nc2)c2c(C#N)cnn2c1. The van der Waals surface area contributed by atoms with Gasteiger partial charge in [-0.15, -0.1) is 0 Å². The summed E-state index contributed by atoms with van der Waals surface area (Å²) in [7, 11) is 1.78. The predicted molar refractivity (Wildman–Crippen MR) is 146 cm³/mol. The lowest BCUT2D eigenvalue weighted by molar-refractivity contribution is 0.0106. The quantitative estimate of drug-likeness (QED) is 0.494. The van der Waals surface area contributed by atoms with Gasteiger partial charge in [-0.2, -0.15) is 10.4 Å². The summed E-state index contributed by atoms with van der Waals surface area (Å²) in [6.07, 6.45) is 9.88. The molecule has 0 unspecified atom stereocenters. The van der Waals surface area contributed by atoms with Gasteiger partial charge in [-0.25, -0.2) is 14.3 Å². The average Bonchev–Trinajstić information content (AvgIpc) is 3.51. The molecule has 3 aromatic rings. The first-order chi connectivity index (χ1) is 18.2. The van der Waals surface area contributed by atoms with E-state index in [1.807, 2.05) is 56.3 Å². The molecule has 0 aromatic carbocycles. The third kappa shape index (κ3) is 4.67. The highest BCUT2D eigenvalue weighted by atomic mass is 16.6. The van der Waals surface area contributed by atoms with E-state index in [2.05, 4.69) is 21.4 Å². The Balaban J connectivity index is 1.43. The number of ether oxygens (including phenoxy) is 1. The maximum atomic E-state index is 12.8. The zero-order valence-corrected chi connectivity index (χ0v) is 22.2. The molecule has 1 aliphatic carbocycles. The molecule has 0 atom stereocenters. The number of hydrogen-bond donors (Lipinski definition) is 2. The van der Waals surface area contributed by atoms with Crippen molar-refractivity contribution >= 4 is 29.2 Å². The number of nitrogens with one attached hydrogen (secondary N) is 2. The number of allylic oxidation sites excluding steroid dienone is 1. The minimum atomic E-state index is -0.520. The molecule has 2 fully saturated rings. The number of nitrogens with zero attached hydrogens (tertiary/aromatic N) is 6. The number of carbonyl (C=O) groups excluding carboxylic acids is 1. The van der Waals surface area contributed by atoms with Gasteiger partial charge in [0.15, 0.2) is 0 Å². The van der Waals surface area contributed by atoms with E-state index in [1.165, 1.54) is 6.21 Å². The topological polar surface area (TPSA) is 123 Å². The lowest BCUT2D eigenvalue weighted by Gasteiger charge is -2.42. The van der Waals surface area contributed by atoms with E-state index in [0.29, 0.717) is 29.7 Å². The summed E-state index contributed by atoms with van der Waals surface area (Å²) in [6, 6.07) is 8.18. The Hall–Kier alpha value is -4.39. The summed E-state index contributed by atoms with van der Waals surface area (Å²) >= 11 is 0. The van der Waals surface area contributed by atoms with Gasteiger partial charge in [0.1, 0.15) is 17.5 Å². The first kappa shape index (κ1) is 25.3. The Morgan fingerprint density at radius 1 is 1.26 bits per heavy atom. The van der Waals surface area contributed by atoms with Gasteiger partial charge >= 0.3 is 6.09 Å². The largest absolute Gasteiger partial charge is 0.444 e. The molecule has 1 saturated heterocycles. The molecule has 2 N–H and O–H groups in total. The number of amides is 1. The molecule has 5 rings (SSSR count). The van der Waals surface area contributed by atoms with E-state index >= 15 is 0 Å². The molecule has 0 radical (unpaired) electrons. The van der Waals surface area contributed by atoms with E-state index in [-0.39, 0.29) is 11.6 Å². The first-order valence-corrected chi connectivity index (χ1v) is 12.7. The lowest BCUT2D eigenvalue weighted by Crippen LogP contribution is -2.58. The van der Waals surface area contributed by atoms with Crippen LogP contribution in [0.2, 0.25) is 0 Å². The number of carbonyl (C=O) groups is 1. The van der Waals surface area contributed by atoms with Gasteiger partial charge in [0.05, 0.1) is 22.8 Å². The van der Waals surface area contributed by atoms with Crippen molar-refractivity contribution < 1.29 is 9.53 Å². The Bertz CT molecular complexity index is 1450. The van der Waals surface area contributed by atoms with E-state index in [4.69, 9.17) is 15.1 Å². The molecule has 1 saturated carbocycles. The Morgan fingerprint density at radius 2 is 2.05 bits per heavy atom. The minimum absolute atomic E-state index is 0.191. The molecule has 1 amide bonds. The highest BCUT2D eigenvalue weighted by molar-refractivity contribution is 6.08. The average molecular weight is 513 g/mol. The summed E-state index contributed by atoms with van der Waals surface area (Å²) in [5, 5.41) is 24.8. The molecular formula is C28H32N8O2. The fraction of sp³-hybridized carbons (Fsp3) is 0.393. The molecule has 1 spiro atoms. The molecule has 2 aliphatic rings. The fourth-order valence-electron chi connectivity index (χ4n) is 5.02. The van der Waals surface area contributed by atoms with Gasteiger partial charge in [-0.3, -0.25) is 4.90 Å². The monoisotopic (exact) mass is 512 g/mol. The van der Waals surface area contributed by atoms with Gasteiger partial charge in [-0.05, 0) is 51.8 Å². The number of pyridine rings is 2. The van der Waals surface area contributed by atoms with Crippen LogP contribution in [0.4, 0.5) is 10.6 Å². The molecule has 0 bridgehead atoms. The van der Waals surface area contributed by atoms with Crippen molar-refractivity contribution in [2.24, 2.45) is 0 Å². The molecule has 38 heavy (non-hydrogen) atoms. The van der Waals surface area contributed by atoms with Crippen LogP contribution >= 0.6 is 0 Å². The van der Waals surface area contributed by atoms with Crippen molar-refractivity contribution in [2.45, 2.75) is 44.8 Å². The van der Waals surface area contributed by atoms with Crippen LogP contribution in [0.3, 0.4) is 0 Å². The molecule has 1 aliphatic heterocycles. The van der Waals surface area contributed by atoms with Crippen molar-refractivity contribution in [1.29, 1.82) is 10.7 Å².